The quantitative estimate of drug-likeness (QED) is 0.211. The molecule has 3 rings (SSSR count). The van der Waals surface area contributed by atoms with Gasteiger partial charge in [-0.1, -0.05) is 36.4 Å². The number of rotatable bonds is 5. The Balaban J connectivity index is 1.63. The number of hydrogen-bond donors (Lipinski definition) is 2. The predicted molar refractivity (Wildman–Crippen MR) is 123 cm³/mol. The molecular formula is C25H23N3O4. The van der Waals surface area contributed by atoms with Crippen molar-refractivity contribution in [1.82, 2.24) is 5.43 Å². The number of aryl methyl sites for hydroxylation is 3. The Hall–Kier alpha value is -4.26. The van der Waals surface area contributed by atoms with E-state index >= 15 is 0 Å². The molecule has 32 heavy (non-hydrogen) atoms. The Labute approximate surface area is 186 Å². The van der Waals surface area contributed by atoms with Crippen molar-refractivity contribution in [3.8, 4) is 5.75 Å². The third-order valence-corrected chi connectivity index (χ3v) is 4.83. The van der Waals surface area contributed by atoms with E-state index in [4.69, 9.17) is 4.74 Å². The van der Waals surface area contributed by atoms with Crippen molar-refractivity contribution in [3.63, 3.8) is 0 Å². The van der Waals surface area contributed by atoms with Crippen LogP contribution in [0, 0.1) is 20.8 Å². The molecule has 0 unspecified atom stereocenters. The molecule has 3 aromatic carbocycles. The third kappa shape index (κ3) is 5.66. The number of carbonyl (C=O) groups is 3. The van der Waals surface area contributed by atoms with Gasteiger partial charge < -0.3 is 10.1 Å². The van der Waals surface area contributed by atoms with E-state index in [1.807, 2.05) is 39.0 Å². The first kappa shape index (κ1) is 22.4. The van der Waals surface area contributed by atoms with Gasteiger partial charge >= 0.3 is 17.8 Å². The fourth-order valence-corrected chi connectivity index (χ4v) is 2.86. The average Bonchev–Trinajstić information content (AvgIpc) is 2.77. The van der Waals surface area contributed by atoms with Crippen LogP contribution in [-0.2, 0) is 9.59 Å². The molecule has 0 aromatic heterocycles. The molecule has 162 valence electrons. The van der Waals surface area contributed by atoms with Gasteiger partial charge in [0.15, 0.2) is 0 Å². The fourth-order valence-electron chi connectivity index (χ4n) is 2.86. The summed E-state index contributed by atoms with van der Waals surface area (Å²) in [6.07, 6.45) is 1.31. The van der Waals surface area contributed by atoms with Crippen molar-refractivity contribution in [2.24, 2.45) is 5.10 Å². The van der Waals surface area contributed by atoms with Crippen LogP contribution in [0.15, 0.2) is 71.8 Å². The highest BCUT2D eigenvalue weighted by Crippen LogP contribution is 2.19. The lowest BCUT2D eigenvalue weighted by Gasteiger charge is -2.09. The summed E-state index contributed by atoms with van der Waals surface area (Å²) in [5.41, 5.74) is 6.49. The van der Waals surface area contributed by atoms with E-state index in [0.29, 0.717) is 16.8 Å². The van der Waals surface area contributed by atoms with Crippen molar-refractivity contribution in [2.45, 2.75) is 20.8 Å². The van der Waals surface area contributed by atoms with E-state index in [-0.39, 0.29) is 5.75 Å². The van der Waals surface area contributed by atoms with Crippen molar-refractivity contribution >= 4 is 29.7 Å². The van der Waals surface area contributed by atoms with Crippen molar-refractivity contribution in [3.05, 3.63) is 94.5 Å². The highest BCUT2D eigenvalue weighted by Gasteiger charge is 2.14. The molecule has 0 spiro atoms. The van der Waals surface area contributed by atoms with E-state index in [1.54, 1.807) is 48.5 Å². The largest absolute Gasteiger partial charge is 0.422 e. The number of anilines is 1. The van der Waals surface area contributed by atoms with Crippen LogP contribution >= 0.6 is 0 Å². The van der Waals surface area contributed by atoms with E-state index in [0.717, 1.165) is 16.7 Å². The summed E-state index contributed by atoms with van der Waals surface area (Å²) in [5, 5.41) is 6.34. The standard InChI is InChI=1S/C25H23N3O4/c1-16-12-13-20(14-18(16)3)27-23(29)24(30)28-26-15-19-9-5-7-11-22(19)32-25(31)21-10-6-4-8-17(21)2/h4-15H,1-3H3,(H,27,29)(H,28,30)/b26-15+. The monoisotopic (exact) mass is 429 g/mol. The second-order valence-corrected chi connectivity index (χ2v) is 7.19. The first-order chi connectivity index (χ1) is 15.3. The van der Waals surface area contributed by atoms with E-state index in [1.165, 1.54) is 6.21 Å². The molecule has 0 radical (unpaired) electrons. The fraction of sp³-hybridized carbons (Fsp3) is 0.120. The summed E-state index contributed by atoms with van der Waals surface area (Å²) in [4.78, 5) is 36.6. The number of carbonyl (C=O) groups excluding carboxylic acids is 3. The summed E-state index contributed by atoms with van der Waals surface area (Å²) in [5.74, 6) is -1.99. The first-order valence-electron chi connectivity index (χ1n) is 9.93. The van der Waals surface area contributed by atoms with Crippen molar-refractivity contribution in [1.29, 1.82) is 0 Å². The van der Waals surface area contributed by atoms with Gasteiger partial charge in [-0.05, 0) is 67.8 Å². The Bertz CT molecular complexity index is 1200. The number of para-hydroxylation sites is 1. The maximum absolute atomic E-state index is 12.5. The van der Waals surface area contributed by atoms with Crippen LogP contribution in [-0.4, -0.2) is 24.0 Å². The first-order valence-corrected chi connectivity index (χ1v) is 9.93. The van der Waals surface area contributed by atoms with Crippen LogP contribution in [0.2, 0.25) is 0 Å². The van der Waals surface area contributed by atoms with Crippen molar-refractivity contribution < 1.29 is 19.1 Å². The summed E-state index contributed by atoms with van der Waals surface area (Å²) < 4.78 is 5.50. The second kappa shape index (κ2) is 10.2. The highest BCUT2D eigenvalue weighted by atomic mass is 16.5. The minimum atomic E-state index is -0.922. The number of amides is 2. The van der Waals surface area contributed by atoms with Crippen LogP contribution in [0.25, 0.3) is 0 Å². The van der Waals surface area contributed by atoms with Crippen LogP contribution in [0.4, 0.5) is 5.69 Å². The smallest absolute Gasteiger partial charge is 0.343 e. The van der Waals surface area contributed by atoms with Gasteiger partial charge in [-0.3, -0.25) is 9.59 Å². The number of esters is 1. The second-order valence-electron chi connectivity index (χ2n) is 7.19. The van der Waals surface area contributed by atoms with Gasteiger partial charge in [-0.15, -0.1) is 0 Å². The lowest BCUT2D eigenvalue weighted by molar-refractivity contribution is -0.136. The van der Waals surface area contributed by atoms with Gasteiger partial charge in [-0.2, -0.15) is 5.10 Å². The zero-order valence-electron chi connectivity index (χ0n) is 18.0. The molecule has 0 aliphatic carbocycles. The summed E-state index contributed by atoms with van der Waals surface area (Å²) >= 11 is 0. The van der Waals surface area contributed by atoms with Crippen molar-refractivity contribution in [2.75, 3.05) is 5.32 Å². The normalized spacial score (nSPS) is 10.6. The van der Waals surface area contributed by atoms with Crippen LogP contribution in [0.1, 0.15) is 32.6 Å². The van der Waals surface area contributed by atoms with Gasteiger partial charge in [0.1, 0.15) is 5.75 Å². The van der Waals surface area contributed by atoms with E-state index < -0.39 is 17.8 Å². The number of hydrazone groups is 1. The van der Waals surface area contributed by atoms with Gasteiger partial charge in [-0.25, -0.2) is 10.2 Å². The summed E-state index contributed by atoms with van der Waals surface area (Å²) in [7, 11) is 0. The molecule has 0 bridgehead atoms. The Morgan fingerprint density at radius 3 is 2.28 bits per heavy atom. The lowest BCUT2D eigenvalue weighted by Crippen LogP contribution is -2.32. The maximum Gasteiger partial charge on any atom is 0.343 e. The molecule has 0 aliphatic rings. The SMILES string of the molecule is Cc1ccc(NC(=O)C(=O)N/N=C/c2ccccc2OC(=O)c2ccccc2C)cc1C. The Morgan fingerprint density at radius 1 is 0.812 bits per heavy atom. The zero-order valence-corrected chi connectivity index (χ0v) is 18.0. The summed E-state index contributed by atoms with van der Waals surface area (Å²) in [6.45, 7) is 5.69. The molecule has 0 fully saturated rings. The zero-order chi connectivity index (χ0) is 23.1. The number of hydrogen-bond acceptors (Lipinski definition) is 5. The molecule has 3 aromatic rings. The van der Waals surface area contributed by atoms with Gasteiger partial charge in [0.05, 0.1) is 11.8 Å². The Morgan fingerprint density at radius 2 is 1.53 bits per heavy atom. The third-order valence-electron chi connectivity index (χ3n) is 4.83. The minimum Gasteiger partial charge on any atom is -0.422 e. The number of nitrogens with one attached hydrogen (secondary N) is 2. The van der Waals surface area contributed by atoms with Crippen LogP contribution in [0.5, 0.6) is 5.75 Å². The molecule has 2 N–H and O–H groups in total. The molecule has 7 nitrogen and oxygen atoms in total. The molecule has 0 atom stereocenters. The predicted octanol–water partition coefficient (Wildman–Crippen LogP) is 3.92. The molecule has 0 saturated carbocycles. The molecular weight excluding hydrogens is 406 g/mol. The molecule has 0 saturated heterocycles. The lowest BCUT2D eigenvalue weighted by atomic mass is 10.1. The minimum absolute atomic E-state index is 0.276. The molecule has 7 heteroatoms. The van der Waals surface area contributed by atoms with Gasteiger partial charge in [0, 0.05) is 11.3 Å². The van der Waals surface area contributed by atoms with E-state index in [9.17, 15) is 14.4 Å². The topological polar surface area (TPSA) is 96.9 Å². The summed E-state index contributed by atoms with van der Waals surface area (Å²) in [6, 6.07) is 19.2. The van der Waals surface area contributed by atoms with E-state index in [2.05, 4.69) is 15.8 Å². The molecule has 2 amide bonds. The average molecular weight is 429 g/mol. The highest BCUT2D eigenvalue weighted by molar-refractivity contribution is 6.39. The molecule has 0 heterocycles. The number of benzene rings is 3. The maximum atomic E-state index is 12.5. The Kier molecular flexibility index (Phi) is 7.13. The van der Waals surface area contributed by atoms with Gasteiger partial charge in [0.25, 0.3) is 0 Å². The van der Waals surface area contributed by atoms with Crippen LogP contribution in [0.3, 0.4) is 0 Å². The number of ether oxygens (including phenoxy) is 1. The van der Waals surface area contributed by atoms with Crippen LogP contribution < -0.4 is 15.5 Å². The molecule has 0 aliphatic heterocycles. The number of nitrogens with zero attached hydrogens (tertiary/aromatic N) is 1. The van der Waals surface area contributed by atoms with Gasteiger partial charge in [0.2, 0.25) is 0 Å².